The Morgan fingerprint density at radius 1 is 1.16 bits per heavy atom. The van der Waals surface area contributed by atoms with Gasteiger partial charge in [0, 0.05) is 18.8 Å². The van der Waals surface area contributed by atoms with Crippen molar-refractivity contribution in [2.24, 2.45) is 10.7 Å². The quantitative estimate of drug-likeness (QED) is 0.335. The van der Waals surface area contributed by atoms with Crippen LogP contribution in [0, 0.1) is 0 Å². The molecule has 2 N–H and O–H groups in total. The molecule has 0 amide bonds. The van der Waals surface area contributed by atoms with Gasteiger partial charge in [-0.2, -0.15) is 24.9 Å². The number of aliphatic imine (C=N–C) groups is 1. The van der Waals surface area contributed by atoms with Crippen LogP contribution in [0.1, 0.15) is 25.7 Å². The highest BCUT2D eigenvalue weighted by molar-refractivity contribution is 14.0. The highest BCUT2D eigenvalue weighted by atomic mass is 127. The molecule has 1 saturated heterocycles. The summed E-state index contributed by atoms with van der Waals surface area (Å²) in [6.45, 7) is 2.17. The zero-order valence-corrected chi connectivity index (χ0v) is 13.9. The predicted octanol–water partition coefficient (Wildman–Crippen LogP) is 3.09. The molecule has 0 bridgehead atoms. The summed E-state index contributed by atoms with van der Waals surface area (Å²) in [7, 11) is 0. The van der Waals surface area contributed by atoms with Crippen LogP contribution in [0.15, 0.2) is 4.99 Å². The van der Waals surface area contributed by atoms with E-state index in [1.165, 1.54) is 12.8 Å². The Hall–Kier alpha value is 0.140. The Morgan fingerprint density at radius 3 is 2.26 bits per heavy atom. The van der Waals surface area contributed by atoms with Gasteiger partial charge in [-0.15, -0.1) is 24.0 Å². The lowest BCUT2D eigenvalue weighted by molar-refractivity contribution is -0.105. The molecule has 0 radical (unpaired) electrons. The Balaban J connectivity index is 0.00000324. The summed E-state index contributed by atoms with van der Waals surface area (Å²) in [5.74, 6) is 0.0183. The minimum absolute atomic E-state index is 0. The molecule has 1 aliphatic heterocycles. The van der Waals surface area contributed by atoms with E-state index in [1.807, 2.05) is 4.90 Å². The van der Waals surface area contributed by atoms with Gasteiger partial charge >= 0.3 is 6.18 Å². The Morgan fingerprint density at radius 2 is 1.74 bits per heavy atom. The summed E-state index contributed by atoms with van der Waals surface area (Å²) in [6, 6.07) is 0. The van der Waals surface area contributed by atoms with Crippen molar-refractivity contribution in [2.45, 2.75) is 31.9 Å². The number of nitrogens with zero attached hydrogens (tertiary/aromatic N) is 2. The maximum atomic E-state index is 11.9. The first kappa shape index (κ1) is 19.1. The van der Waals surface area contributed by atoms with Gasteiger partial charge in [-0.3, -0.25) is 4.99 Å². The molecule has 8 heteroatoms. The molecular formula is C11H21F3IN3S. The number of hydrogen-bond acceptors (Lipinski definition) is 2. The molecule has 0 spiro atoms. The number of halogens is 4. The van der Waals surface area contributed by atoms with Crippen LogP contribution in [-0.4, -0.2) is 48.2 Å². The van der Waals surface area contributed by atoms with Gasteiger partial charge in [0.2, 0.25) is 0 Å². The molecule has 0 aromatic rings. The number of nitrogens with two attached hydrogens (primary N) is 1. The zero-order valence-electron chi connectivity index (χ0n) is 10.8. The molecule has 1 heterocycles. The summed E-state index contributed by atoms with van der Waals surface area (Å²) >= 11 is 0.847. The molecule has 0 aliphatic carbocycles. The van der Waals surface area contributed by atoms with Gasteiger partial charge in [0.05, 0.1) is 12.3 Å². The molecule has 0 aromatic carbocycles. The third-order valence-corrected chi connectivity index (χ3v) is 3.71. The van der Waals surface area contributed by atoms with Crippen molar-refractivity contribution in [2.75, 3.05) is 31.1 Å². The van der Waals surface area contributed by atoms with Crippen LogP contribution in [0.25, 0.3) is 0 Å². The van der Waals surface area contributed by atoms with Crippen molar-refractivity contribution in [1.29, 1.82) is 0 Å². The van der Waals surface area contributed by atoms with Crippen LogP contribution >= 0.6 is 35.7 Å². The Labute approximate surface area is 133 Å². The standard InChI is InChI=1S/C11H20F3N3S.HI/c12-11(13,14)9-18-8-5-16-10(15)17-6-3-1-2-4-7-17;/h1-9H2,(H2,15,16);1H. The monoisotopic (exact) mass is 411 g/mol. The highest BCUT2D eigenvalue weighted by Gasteiger charge is 2.26. The molecular weight excluding hydrogens is 390 g/mol. The van der Waals surface area contributed by atoms with Gasteiger partial charge in [-0.05, 0) is 12.8 Å². The molecule has 19 heavy (non-hydrogen) atoms. The summed E-state index contributed by atoms with van der Waals surface area (Å²) < 4.78 is 35.7. The van der Waals surface area contributed by atoms with E-state index in [0.717, 1.165) is 37.7 Å². The van der Waals surface area contributed by atoms with E-state index in [-0.39, 0.29) is 24.0 Å². The molecule has 1 rings (SSSR count). The van der Waals surface area contributed by atoms with Gasteiger partial charge in [0.25, 0.3) is 0 Å². The summed E-state index contributed by atoms with van der Waals surface area (Å²) in [6.07, 6.45) is 0.555. The van der Waals surface area contributed by atoms with Crippen LogP contribution < -0.4 is 5.73 Å². The molecule has 114 valence electrons. The predicted molar refractivity (Wildman–Crippen MR) is 85.3 cm³/mol. The topological polar surface area (TPSA) is 41.6 Å². The minimum Gasteiger partial charge on any atom is -0.370 e. The molecule has 3 nitrogen and oxygen atoms in total. The number of thioether (sulfide) groups is 1. The van der Waals surface area contributed by atoms with Gasteiger partial charge in [-0.25, -0.2) is 0 Å². The van der Waals surface area contributed by atoms with Crippen LogP contribution in [0.3, 0.4) is 0 Å². The lowest BCUT2D eigenvalue weighted by Gasteiger charge is -2.21. The molecule has 0 aromatic heterocycles. The number of alkyl halides is 3. The van der Waals surface area contributed by atoms with Crippen molar-refractivity contribution in [3.8, 4) is 0 Å². The van der Waals surface area contributed by atoms with E-state index in [1.54, 1.807) is 0 Å². The smallest absolute Gasteiger partial charge is 0.370 e. The van der Waals surface area contributed by atoms with Crippen molar-refractivity contribution in [1.82, 2.24) is 4.90 Å². The normalized spacial score (nSPS) is 17.8. The van der Waals surface area contributed by atoms with Gasteiger partial charge in [0.15, 0.2) is 5.96 Å². The first-order chi connectivity index (χ1) is 8.49. The molecule has 1 fully saturated rings. The average molecular weight is 411 g/mol. The zero-order chi connectivity index (χ0) is 13.4. The number of likely N-dealkylation sites (tertiary alicyclic amines) is 1. The van der Waals surface area contributed by atoms with E-state index in [2.05, 4.69) is 4.99 Å². The number of guanidine groups is 1. The SMILES string of the molecule is I.NC(=NCCSCC(F)(F)F)N1CCCCCC1. The molecule has 0 unspecified atom stereocenters. The summed E-state index contributed by atoms with van der Waals surface area (Å²) in [4.78, 5) is 6.17. The average Bonchev–Trinajstić information content (AvgIpc) is 2.55. The van der Waals surface area contributed by atoms with E-state index in [9.17, 15) is 13.2 Å². The molecule has 0 atom stereocenters. The van der Waals surface area contributed by atoms with E-state index < -0.39 is 11.9 Å². The Bertz CT molecular complexity index is 266. The fourth-order valence-corrected chi connectivity index (χ4v) is 2.41. The van der Waals surface area contributed by atoms with Crippen LogP contribution in [-0.2, 0) is 0 Å². The first-order valence-corrected chi connectivity index (χ1v) is 7.34. The fourth-order valence-electron chi connectivity index (χ4n) is 1.81. The van der Waals surface area contributed by atoms with Crippen molar-refractivity contribution >= 4 is 41.7 Å². The fraction of sp³-hybridized carbons (Fsp3) is 0.909. The highest BCUT2D eigenvalue weighted by Crippen LogP contribution is 2.20. The number of hydrogen-bond donors (Lipinski definition) is 1. The lowest BCUT2D eigenvalue weighted by atomic mass is 10.2. The van der Waals surface area contributed by atoms with Crippen molar-refractivity contribution in [3.63, 3.8) is 0 Å². The second kappa shape index (κ2) is 9.95. The molecule has 0 saturated carbocycles. The maximum absolute atomic E-state index is 11.9. The van der Waals surface area contributed by atoms with Crippen LogP contribution in [0.5, 0.6) is 0 Å². The summed E-state index contributed by atoms with van der Waals surface area (Å²) in [5.41, 5.74) is 5.83. The first-order valence-electron chi connectivity index (χ1n) is 6.18. The maximum Gasteiger partial charge on any atom is 0.397 e. The van der Waals surface area contributed by atoms with E-state index in [4.69, 9.17) is 5.73 Å². The second-order valence-electron chi connectivity index (χ2n) is 4.31. The third kappa shape index (κ3) is 9.64. The van der Waals surface area contributed by atoms with Gasteiger partial charge in [0.1, 0.15) is 0 Å². The lowest BCUT2D eigenvalue weighted by Crippen LogP contribution is -2.38. The third-order valence-electron chi connectivity index (χ3n) is 2.71. The van der Waals surface area contributed by atoms with E-state index >= 15 is 0 Å². The van der Waals surface area contributed by atoms with Crippen LogP contribution in [0.4, 0.5) is 13.2 Å². The second-order valence-corrected chi connectivity index (χ2v) is 5.41. The number of rotatable bonds is 4. The van der Waals surface area contributed by atoms with Crippen molar-refractivity contribution in [3.05, 3.63) is 0 Å². The van der Waals surface area contributed by atoms with E-state index in [0.29, 0.717) is 18.3 Å². The van der Waals surface area contributed by atoms with Crippen LogP contribution in [0.2, 0.25) is 0 Å². The van der Waals surface area contributed by atoms with Gasteiger partial charge in [-0.1, -0.05) is 12.8 Å². The van der Waals surface area contributed by atoms with Gasteiger partial charge < -0.3 is 10.6 Å². The molecule has 1 aliphatic rings. The van der Waals surface area contributed by atoms with Crippen molar-refractivity contribution < 1.29 is 13.2 Å². The largest absolute Gasteiger partial charge is 0.397 e. The Kier molecular flexibility index (Phi) is 10.0. The summed E-state index contributed by atoms with van der Waals surface area (Å²) in [5, 5.41) is 0. The minimum atomic E-state index is -4.09.